The summed E-state index contributed by atoms with van der Waals surface area (Å²) in [6, 6.07) is 15.3. The van der Waals surface area contributed by atoms with Crippen LogP contribution in [0.25, 0.3) is 0 Å². The SMILES string of the molecule is CCCC(CC)OC(=O)C1=C(N)NC2=C(C(=O)CC(c3ccccc3)C2)C1c1ccc(N)c(OC)c1. The molecule has 0 radical (unpaired) electrons. The number of hydrogen-bond acceptors (Lipinski definition) is 7. The Morgan fingerprint density at radius 2 is 1.83 bits per heavy atom. The van der Waals surface area contributed by atoms with Crippen LogP contribution in [0.15, 0.2) is 71.2 Å². The molecule has 0 saturated heterocycles. The number of rotatable bonds is 8. The van der Waals surface area contributed by atoms with Gasteiger partial charge in [-0.05, 0) is 48.4 Å². The summed E-state index contributed by atoms with van der Waals surface area (Å²) in [5.74, 6) is -0.481. The third kappa shape index (κ3) is 4.96. The largest absolute Gasteiger partial charge is 0.495 e. The van der Waals surface area contributed by atoms with Crippen LogP contribution in [0.2, 0.25) is 0 Å². The van der Waals surface area contributed by atoms with Crippen molar-refractivity contribution < 1.29 is 19.1 Å². The van der Waals surface area contributed by atoms with Gasteiger partial charge in [0.2, 0.25) is 0 Å². The van der Waals surface area contributed by atoms with Crippen molar-refractivity contribution in [2.24, 2.45) is 5.73 Å². The predicted molar refractivity (Wildman–Crippen MR) is 140 cm³/mol. The number of carbonyl (C=O) groups excluding carboxylic acids is 2. The van der Waals surface area contributed by atoms with Gasteiger partial charge in [0.05, 0.1) is 24.3 Å². The Labute approximate surface area is 212 Å². The third-order valence-corrected chi connectivity index (χ3v) is 7.08. The molecule has 0 amide bonds. The second kappa shape index (κ2) is 10.9. The smallest absolute Gasteiger partial charge is 0.338 e. The lowest BCUT2D eigenvalue weighted by molar-refractivity contribution is -0.145. The zero-order valence-electron chi connectivity index (χ0n) is 21.2. The molecule has 0 fully saturated rings. The normalized spacial score (nSPS) is 20.5. The van der Waals surface area contributed by atoms with E-state index < -0.39 is 11.9 Å². The molecule has 2 aromatic rings. The average Bonchev–Trinajstić information content (AvgIpc) is 2.88. The first-order valence-electron chi connectivity index (χ1n) is 12.6. The Kier molecular flexibility index (Phi) is 7.67. The summed E-state index contributed by atoms with van der Waals surface area (Å²) in [4.78, 5) is 27.2. The van der Waals surface area contributed by atoms with Crippen LogP contribution in [0, 0.1) is 0 Å². The number of methoxy groups -OCH3 is 1. The van der Waals surface area contributed by atoms with Crippen molar-refractivity contribution in [3.63, 3.8) is 0 Å². The topological polar surface area (TPSA) is 117 Å². The molecule has 0 aromatic heterocycles. The number of nitrogens with one attached hydrogen (secondary N) is 1. The highest BCUT2D eigenvalue weighted by Gasteiger charge is 2.42. The van der Waals surface area contributed by atoms with Gasteiger partial charge in [-0.25, -0.2) is 4.79 Å². The average molecular weight is 490 g/mol. The maximum absolute atomic E-state index is 13.7. The van der Waals surface area contributed by atoms with Gasteiger partial charge in [0.25, 0.3) is 0 Å². The number of anilines is 1. The molecule has 5 N–H and O–H groups in total. The lowest BCUT2D eigenvalue weighted by Gasteiger charge is -2.36. The highest BCUT2D eigenvalue weighted by atomic mass is 16.5. The van der Waals surface area contributed by atoms with E-state index in [0.717, 1.165) is 24.1 Å². The monoisotopic (exact) mass is 489 g/mol. The number of dihydropyridines is 1. The number of nitrogens with two attached hydrogens (primary N) is 2. The van der Waals surface area contributed by atoms with Crippen molar-refractivity contribution in [2.45, 2.75) is 63.9 Å². The van der Waals surface area contributed by atoms with Crippen molar-refractivity contribution in [3.05, 3.63) is 82.3 Å². The van der Waals surface area contributed by atoms with Gasteiger partial charge in [-0.2, -0.15) is 0 Å². The predicted octanol–water partition coefficient (Wildman–Crippen LogP) is 4.66. The Balaban J connectivity index is 1.79. The van der Waals surface area contributed by atoms with Gasteiger partial charge in [-0.15, -0.1) is 0 Å². The number of hydrogen-bond donors (Lipinski definition) is 3. The van der Waals surface area contributed by atoms with Gasteiger partial charge in [0, 0.05) is 17.7 Å². The number of Topliss-reactive ketones (excluding diaryl/α,β-unsaturated/α-hetero) is 1. The van der Waals surface area contributed by atoms with E-state index in [2.05, 4.69) is 12.2 Å². The summed E-state index contributed by atoms with van der Waals surface area (Å²) in [5.41, 5.74) is 16.4. The van der Waals surface area contributed by atoms with Crippen molar-refractivity contribution in [1.29, 1.82) is 0 Å². The van der Waals surface area contributed by atoms with Gasteiger partial charge in [0.1, 0.15) is 17.7 Å². The maximum Gasteiger partial charge on any atom is 0.338 e. The van der Waals surface area contributed by atoms with Crippen LogP contribution < -0.4 is 21.5 Å². The summed E-state index contributed by atoms with van der Waals surface area (Å²) < 4.78 is 11.3. The Hall–Kier alpha value is -3.74. The molecule has 1 aliphatic carbocycles. The molecule has 0 spiro atoms. The molecular formula is C29H35N3O4. The highest BCUT2D eigenvalue weighted by molar-refractivity contribution is 6.04. The number of allylic oxidation sites excluding steroid dienone is 2. The molecule has 36 heavy (non-hydrogen) atoms. The highest BCUT2D eigenvalue weighted by Crippen LogP contribution is 2.46. The molecule has 2 aliphatic rings. The fourth-order valence-electron chi connectivity index (χ4n) is 5.23. The summed E-state index contributed by atoms with van der Waals surface area (Å²) in [7, 11) is 1.54. The molecule has 3 unspecified atom stereocenters. The maximum atomic E-state index is 13.7. The Morgan fingerprint density at radius 3 is 2.50 bits per heavy atom. The lowest BCUT2D eigenvalue weighted by Crippen LogP contribution is -2.39. The lowest BCUT2D eigenvalue weighted by atomic mass is 9.72. The zero-order chi connectivity index (χ0) is 25.8. The van der Waals surface area contributed by atoms with Crippen LogP contribution >= 0.6 is 0 Å². The minimum atomic E-state index is -0.674. The molecule has 0 saturated carbocycles. The van der Waals surface area contributed by atoms with E-state index in [1.807, 2.05) is 43.3 Å². The molecule has 1 heterocycles. The number of carbonyl (C=O) groups is 2. The second-order valence-electron chi connectivity index (χ2n) is 9.44. The summed E-state index contributed by atoms with van der Waals surface area (Å²) in [6.07, 6.45) is 3.10. The van der Waals surface area contributed by atoms with E-state index in [9.17, 15) is 9.59 Å². The molecule has 7 nitrogen and oxygen atoms in total. The van der Waals surface area contributed by atoms with Gasteiger partial charge in [-0.1, -0.05) is 56.7 Å². The molecule has 3 atom stereocenters. The molecule has 0 bridgehead atoms. The second-order valence-corrected chi connectivity index (χ2v) is 9.44. The number of esters is 1. The third-order valence-electron chi connectivity index (χ3n) is 7.08. The van der Waals surface area contributed by atoms with Gasteiger partial charge < -0.3 is 26.3 Å². The van der Waals surface area contributed by atoms with E-state index in [1.54, 1.807) is 12.1 Å². The quantitative estimate of drug-likeness (QED) is 0.365. The minimum Gasteiger partial charge on any atom is -0.495 e. The van der Waals surface area contributed by atoms with Crippen LogP contribution in [0.5, 0.6) is 5.75 Å². The first kappa shape index (κ1) is 25.4. The number of benzene rings is 2. The first-order valence-corrected chi connectivity index (χ1v) is 12.6. The van der Waals surface area contributed by atoms with E-state index in [0.29, 0.717) is 41.8 Å². The fourth-order valence-corrected chi connectivity index (χ4v) is 5.23. The van der Waals surface area contributed by atoms with Crippen molar-refractivity contribution in [3.8, 4) is 5.75 Å². The van der Waals surface area contributed by atoms with Gasteiger partial charge in [-0.3, -0.25) is 4.79 Å². The van der Waals surface area contributed by atoms with Gasteiger partial charge in [0.15, 0.2) is 5.78 Å². The van der Waals surface area contributed by atoms with Crippen LogP contribution in [0.4, 0.5) is 5.69 Å². The molecule has 190 valence electrons. The zero-order valence-corrected chi connectivity index (χ0v) is 21.2. The van der Waals surface area contributed by atoms with E-state index in [-0.39, 0.29) is 29.2 Å². The van der Waals surface area contributed by atoms with E-state index >= 15 is 0 Å². The minimum absolute atomic E-state index is 0.0169. The van der Waals surface area contributed by atoms with Gasteiger partial charge >= 0.3 is 5.97 Å². The van der Waals surface area contributed by atoms with Crippen LogP contribution in [-0.2, 0) is 14.3 Å². The summed E-state index contributed by atoms with van der Waals surface area (Å²) in [5, 5.41) is 3.20. The van der Waals surface area contributed by atoms with E-state index in [1.165, 1.54) is 7.11 Å². The molecule has 7 heteroatoms. The number of ketones is 1. The molecule has 4 rings (SSSR count). The van der Waals surface area contributed by atoms with Crippen LogP contribution in [-0.4, -0.2) is 25.0 Å². The molecular weight excluding hydrogens is 454 g/mol. The number of nitrogen functional groups attached to an aromatic ring is 1. The standard InChI is InChI=1S/C29H35N3O4/c1-4-9-20(5-2)36-29(34)27-25(18-12-13-21(30)24(16-18)35-3)26-22(32-28(27)31)14-19(15-23(26)33)17-10-7-6-8-11-17/h6-8,10-13,16,19-20,25,32H,4-5,9,14-15,30-31H2,1-3H3. The van der Waals surface area contributed by atoms with Crippen molar-refractivity contribution in [1.82, 2.24) is 5.32 Å². The van der Waals surface area contributed by atoms with Crippen molar-refractivity contribution >= 4 is 17.4 Å². The number of ether oxygens (including phenoxy) is 2. The van der Waals surface area contributed by atoms with Crippen LogP contribution in [0.1, 0.15) is 68.9 Å². The summed E-state index contributed by atoms with van der Waals surface area (Å²) in [6.45, 7) is 4.04. The molecule has 2 aromatic carbocycles. The van der Waals surface area contributed by atoms with Crippen LogP contribution in [0.3, 0.4) is 0 Å². The Morgan fingerprint density at radius 1 is 1.08 bits per heavy atom. The van der Waals surface area contributed by atoms with Crippen molar-refractivity contribution in [2.75, 3.05) is 12.8 Å². The summed E-state index contributed by atoms with van der Waals surface area (Å²) >= 11 is 0. The molecule has 1 aliphatic heterocycles. The fraction of sp³-hybridized carbons (Fsp3) is 0.379. The van der Waals surface area contributed by atoms with E-state index in [4.69, 9.17) is 20.9 Å². The Bertz CT molecular complexity index is 1200. The first-order chi connectivity index (χ1) is 17.4.